The molecule has 0 bridgehead atoms. The van der Waals surface area contributed by atoms with Crippen LogP contribution in [0.25, 0.3) is 22.3 Å². The summed E-state index contributed by atoms with van der Waals surface area (Å²) in [6.07, 6.45) is 0. The minimum Gasteiger partial charge on any atom is -0.192 e. The highest BCUT2D eigenvalue weighted by atomic mass is 31.1. The lowest BCUT2D eigenvalue weighted by Crippen LogP contribution is -2.20. The van der Waals surface area contributed by atoms with Gasteiger partial charge >= 0.3 is 0 Å². The van der Waals surface area contributed by atoms with Crippen molar-refractivity contribution in [1.82, 2.24) is 0 Å². The lowest BCUT2D eigenvalue weighted by Gasteiger charge is -2.20. The largest absolute Gasteiger partial charge is 0.192 e. The number of hydrogen-bond acceptors (Lipinski definition) is 2. The summed E-state index contributed by atoms with van der Waals surface area (Å²) in [7, 11) is -0.761. The smallest absolute Gasteiger partial charge is 0.0998 e. The third-order valence-corrected chi connectivity index (χ3v) is 8.43. The molecule has 0 spiro atoms. The second kappa shape index (κ2) is 10.2. The van der Waals surface area contributed by atoms with Crippen molar-refractivity contribution >= 4 is 23.8 Å². The first-order chi connectivity index (χ1) is 17.3. The van der Waals surface area contributed by atoms with Crippen LogP contribution in [0, 0.1) is 22.7 Å². The van der Waals surface area contributed by atoms with Crippen LogP contribution in [-0.2, 0) is 0 Å². The summed E-state index contributed by atoms with van der Waals surface area (Å²) in [6.45, 7) is 0. The summed E-state index contributed by atoms with van der Waals surface area (Å²) in [5.41, 5.74) is 5.34. The SMILES string of the molecule is N#Cc1ccccc1-c1ccc(P(c2ccccc2)c2ccc(-c3ccccc3C#N)cc2)cc1. The van der Waals surface area contributed by atoms with Gasteiger partial charge in [0.15, 0.2) is 0 Å². The maximum absolute atomic E-state index is 9.49. The molecule has 164 valence electrons. The van der Waals surface area contributed by atoms with Gasteiger partial charge in [0.05, 0.1) is 23.3 Å². The van der Waals surface area contributed by atoms with Crippen LogP contribution in [0.4, 0.5) is 0 Å². The molecule has 5 aromatic carbocycles. The van der Waals surface area contributed by atoms with Gasteiger partial charge in [0, 0.05) is 0 Å². The van der Waals surface area contributed by atoms with E-state index in [1.165, 1.54) is 15.9 Å². The van der Waals surface area contributed by atoms with Crippen LogP contribution < -0.4 is 15.9 Å². The van der Waals surface area contributed by atoms with E-state index in [0.717, 1.165) is 22.3 Å². The van der Waals surface area contributed by atoms with E-state index < -0.39 is 7.92 Å². The van der Waals surface area contributed by atoms with Crippen molar-refractivity contribution in [3.8, 4) is 34.4 Å². The van der Waals surface area contributed by atoms with E-state index in [0.29, 0.717) is 11.1 Å². The standard InChI is InChI=1S/C32H21N2P/c33-22-26-8-4-6-12-31(26)24-14-18-29(19-15-24)35(28-10-2-1-3-11-28)30-20-16-25(17-21-30)32-13-7-5-9-27(32)23-34/h1-21H. The molecule has 0 saturated heterocycles. The van der Waals surface area contributed by atoms with Gasteiger partial charge in [-0.25, -0.2) is 0 Å². The van der Waals surface area contributed by atoms with Gasteiger partial charge in [0.2, 0.25) is 0 Å². The van der Waals surface area contributed by atoms with E-state index in [1.54, 1.807) is 0 Å². The van der Waals surface area contributed by atoms with Crippen LogP contribution in [0.5, 0.6) is 0 Å². The molecule has 0 atom stereocenters. The van der Waals surface area contributed by atoms with Crippen LogP contribution in [0.2, 0.25) is 0 Å². The molecule has 0 amide bonds. The minimum atomic E-state index is -0.761. The average Bonchev–Trinajstić information content (AvgIpc) is 2.94. The zero-order chi connectivity index (χ0) is 24.0. The molecule has 5 aromatic rings. The van der Waals surface area contributed by atoms with Crippen molar-refractivity contribution in [1.29, 1.82) is 10.5 Å². The second-order valence-corrected chi connectivity index (χ2v) is 10.3. The Bertz CT molecular complexity index is 1440. The maximum atomic E-state index is 9.49. The summed E-state index contributed by atoms with van der Waals surface area (Å²) in [4.78, 5) is 0. The molecule has 0 saturated carbocycles. The van der Waals surface area contributed by atoms with Crippen molar-refractivity contribution in [2.24, 2.45) is 0 Å². The minimum absolute atomic E-state index is 0.679. The molecule has 0 N–H and O–H groups in total. The molecule has 5 rings (SSSR count). The quantitative estimate of drug-likeness (QED) is 0.278. The van der Waals surface area contributed by atoms with Crippen molar-refractivity contribution < 1.29 is 0 Å². The van der Waals surface area contributed by atoms with Gasteiger partial charge in [-0.3, -0.25) is 0 Å². The molecule has 0 aromatic heterocycles. The Labute approximate surface area is 207 Å². The first-order valence-electron chi connectivity index (χ1n) is 11.3. The van der Waals surface area contributed by atoms with E-state index >= 15 is 0 Å². The average molecular weight is 465 g/mol. The summed E-state index contributed by atoms with van der Waals surface area (Å²) in [5.74, 6) is 0. The van der Waals surface area contributed by atoms with Crippen LogP contribution in [0.1, 0.15) is 11.1 Å². The number of rotatable bonds is 5. The predicted octanol–water partition coefficient (Wildman–Crippen LogP) is 6.52. The molecular formula is C32H21N2P. The first-order valence-corrected chi connectivity index (χ1v) is 12.7. The normalized spacial score (nSPS) is 10.5. The Balaban J connectivity index is 1.54. The molecule has 0 heterocycles. The lowest BCUT2D eigenvalue weighted by molar-refractivity contribution is 1.48. The van der Waals surface area contributed by atoms with Crippen molar-refractivity contribution in [2.45, 2.75) is 0 Å². The molecular weight excluding hydrogens is 443 g/mol. The van der Waals surface area contributed by atoms with Crippen LogP contribution in [0.15, 0.2) is 127 Å². The molecule has 35 heavy (non-hydrogen) atoms. The number of benzene rings is 5. The van der Waals surface area contributed by atoms with Crippen molar-refractivity contribution in [3.05, 3.63) is 139 Å². The first kappa shape index (κ1) is 22.3. The van der Waals surface area contributed by atoms with Crippen LogP contribution >= 0.6 is 7.92 Å². The Morgan fingerprint density at radius 2 is 0.771 bits per heavy atom. The zero-order valence-corrected chi connectivity index (χ0v) is 19.9. The van der Waals surface area contributed by atoms with E-state index in [1.807, 2.05) is 54.6 Å². The Morgan fingerprint density at radius 1 is 0.400 bits per heavy atom. The summed E-state index contributed by atoms with van der Waals surface area (Å²) in [5, 5.41) is 22.8. The molecule has 0 radical (unpaired) electrons. The van der Waals surface area contributed by atoms with E-state index in [4.69, 9.17) is 0 Å². The molecule has 0 unspecified atom stereocenters. The molecule has 0 aliphatic heterocycles. The molecule has 0 fully saturated rings. The van der Waals surface area contributed by atoms with Crippen molar-refractivity contribution in [3.63, 3.8) is 0 Å². The highest BCUT2D eigenvalue weighted by molar-refractivity contribution is 7.79. The predicted molar refractivity (Wildman–Crippen MR) is 145 cm³/mol. The molecule has 0 aliphatic rings. The highest BCUT2D eigenvalue weighted by Crippen LogP contribution is 2.35. The highest BCUT2D eigenvalue weighted by Gasteiger charge is 2.17. The monoisotopic (exact) mass is 464 g/mol. The fraction of sp³-hybridized carbons (Fsp3) is 0. The third-order valence-electron chi connectivity index (χ3n) is 5.98. The third kappa shape index (κ3) is 4.62. The zero-order valence-electron chi connectivity index (χ0n) is 19.0. The fourth-order valence-electron chi connectivity index (χ4n) is 4.27. The second-order valence-electron chi connectivity index (χ2n) is 8.08. The number of hydrogen-bond donors (Lipinski definition) is 0. The summed E-state index contributed by atoms with van der Waals surface area (Å²) >= 11 is 0. The van der Waals surface area contributed by atoms with E-state index in [9.17, 15) is 10.5 Å². The molecule has 3 heteroatoms. The topological polar surface area (TPSA) is 47.6 Å². The summed E-state index contributed by atoms with van der Waals surface area (Å²) < 4.78 is 0. The van der Waals surface area contributed by atoms with E-state index in [2.05, 4.69) is 84.9 Å². The van der Waals surface area contributed by atoms with Gasteiger partial charge in [0.25, 0.3) is 0 Å². The van der Waals surface area contributed by atoms with Crippen LogP contribution in [-0.4, -0.2) is 0 Å². The number of nitriles is 2. The van der Waals surface area contributed by atoms with Gasteiger partial charge in [0.1, 0.15) is 0 Å². The van der Waals surface area contributed by atoms with Gasteiger partial charge in [-0.1, -0.05) is 115 Å². The van der Waals surface area contributed by atoms with Gasteiger partial charge in [-0.2, -0.15) is 10.5 Å². The van der Waals surface area contributed by atoms with Crippen LogP contribution in [0.3, 0.4) is 0 Å². The molecule has 2 nitrogen and oxygen atoms in total. The maximum Gasteiger partial charge on any atom is 0.0998 e. The fourth-order valence-corrected chi connectivity index (χ4v) is 6.53. The van der Waals surface area contributed by atoms with Gasteiger partial charge in [-0.15, -0.1) is 0 Å². The van der Waals surface area contributed by atoms with E-state index in [-0.39, 0.29) is 0 Å². The summed E-state index contributed by atoms with van der Waals surface area (Å²) in [6, 6.07) is 47.7. The Hall–Kier alpha value is -4.49. The molecule has 0 aliphatic carbocycles. The van der Waals surface area contributed by atoms with Gasteiger partial charge in [-0.05, 0) is 58.2 Å². The Morgan fingerprint density at radius 3 is 1.20 bits per heavy atom. The lowest BCUT2D eigenvalue weighted by atomic mass is 10.0. The van der Waals surface area contributed by atoms with Gasteiger partial charge < -0.3 is 0 Å². The number of nitrogens with zero attached hydrogens (tertiary/aromatic N) is 2. The Kier molecular flexibility index (Phi) is 6.50. The van der Waals surface area contributed by atoms with Crippen molar-refractivity contribution in [2.75, 3.05) is 0 Å².